The molecule has 43 heavy (non-hydrogen) atoms. The van der Waals surface area contributed by atoms with Crippen LogP contribution in [0.5, 0.6) is 11.5 Å². The Kier molecular flexibility index (Phi) is 7.71. The zero-order valence-electron chi connectivity index (χ0n) is 22.6. The summed E-state index contributed by atoms with van der Waals surface area (Å²) in [5, 5.41) is 8.16. The number of rotatable bonds is 8. The van der Waals surface area contributed by atoms with E-state index in [1.54, 1.807) is 54.6 Å². The lowest BCUT2D eigenvalue weighted by atomic mass is 10.2. The average molecular weight is 641 g/mol. The molecule has 0 unspecified atom stereocenters. The Morgan fingerprint density at radius 2 is 1.88 bits per heavy atom. The van der Waals surface area contributed by atoms with Crippen molar-refractivity contribution in [3.63, 3.8) is 0 Å². The molecular weight excluding hydrogens is 619 g/mol. The van der Waals surface area contributed by atoms with Crippen molar-refractivity contribution in [3.8, 4) is 23.1 Å². The van der Waals surface area contributed by atoms with Crippen molar-refractivity contribution in [1.29, 1.82) is 0 Å². The summed E-state index contributed by atoms with van der Waals surface area (Å²) in [4.78, 5) is 30.9. The molecule has 9 nitrogen and oxygen atoms in total. The second-order valence-corrected chi connectivity index (χ2v) is 10.2. The van der Waals surface area contributed by atoms with E-state index in [1.807, 2.05) is 18.2 Å². The predicted octanol–water partition coefficient (Wildman–Crippen LogP) is 6.62. The van der Waals surface area contributed by atoms with Crippen molar-refractivity contribution in [3.05, 3.63) is 117 Å². The number of ether oxygens (including phenoxy) is 2. The first-order valence-electron chi connectivity index (χ1n) is 13.0. The van der Waals surface area contributed by atoms with Gasteiger partial charge in [0.15, 0.2) is 23.9 Å². The van der Waals surface area contributed by atoms with Crippen LogP contribution in [0, 0.1) is 5.82 Å². The first kappa shape index (κ1) is 27.9. The van der Waals surface area contributed by atoms with Crippen molar-refractivity contribution >= 4 is 55.6 Å². The van der Waals surface area contributed by atoms with Crippen LogP contribution in [0.1, 0.15) is 5.56 Å². The second kappa shape index (κ2) is 11.9. The van der Waals surface area contributed by atoms with Crippen LogP contribution >= 0.6 is 15.9 Å². The molecule has 0 fully saturated rings. The Bertz CT molecular complexity index is 2090. The lowest BCUT2D eigenvalue weighted by Gasteiger charge is -2.13. The maximum absolute atomic E-state index is 14.0. The largest absolute Gasteiger partial charge is 0.493 e. The maximum Gasteiger partial charge on any atom is 0.282 e. The molecule has 0 aliphatic heterocycles. The van der Waals surface area contributed by atoms with Crippen molar-refractivity contribution in [2.75, 3.05) is 19.0 Å². The number of halogens is 2. The first-order valence-corrected chi connectivity index (χ1v) is 13.8. The fourth-order valence-electron chi connectivity index (χ4n) is 4.47. The molecule has 214 valence electrons. The molecule has 0 aliphatic rings. The normalized spacial score (nSPS) is 11.3. The number of hydrogen-bond donors (Lipinski definition) is 1. The van der Waals surface area contributed by atoms with Crippen molar-refractivity contribution in [2.45, 2.75) is 0 Å². The molecule has 0 aliphatic carbocycles. The zero-order valence-corrected chi connectivity index (χ0v) is 24.2. The molecule has 1 N–H and O–H groups in total. The third kappa shape index (κ3) is 5.75. The quantitative estimate of drug-likeness (QED) is 0.187. The van der Waals surface area contributed by atoms with Gasteiger partial charge in [0.25, 0.3) is 11.5 Å². The van der Waals surface area contributed by atoms with E-state index >= 15 is 0 Å². The highest BCUT2D eigenvalue weighted by molar-refractivity contribution is 9.10. The van der Waals surface area contributed by atoms with Crippen LogP contribution in [-0.4, -0.2) is 35.5 Å². The van der Waals surface area contributed by atoms with Crippen LogP contribution in [0.2, 0.25) is 0 Å². The number of carbonyl (C=O) groups excluding carboxylic acids is 1. The third-order valence-corrected chi connectivity index (χ3v) is 6.98. The fraction of sp³-hybridized carbons (Fsp3) is 0.0625. The topological polar surface area (TPSA) is 108 Å². The molecule has 2 aromatic heterocycles. The van der Waals surface area contributed by atoms with Crippen molar-refractivity contribution in [1.82, 2.24) is 9.66 Å². The van der Waals surface area contributed by atoms with Gasteiger partial charge in [0.05, 0.1) is 29.9 Å². The Morgan fingerprint density at radius 3 is 2.72 bits per heavy atom. The molecular formula is C32H22BrFN4O5. The van der Waals surface area contributed by atoms with Gasteiger partial charge in [-0.25, -0.2) is 9.37 Å². The summed E-state index contributed by atoms with van der Waals surface area (Å²) in [5.41, 5.74) is 1.15. The number of fused-ring (bicyclic) bond motifs is 2. The molecule has 4 aromatic carbocycles. The molecule has 2 heterocycles. The second-order valence-electron chi connectivity index (χ2n) is 9.30. The van der Waals surface area contributed by atoms with Gasteiger partial charge in [-0.05, 0) is 60.7 Å². The van der Waals surface area contributed by atoms with E-state index < -0.39 is 23.9 Å². The van der Waals surface area contributed by atoms with E-state index in [2.05, 4.69) is 26.3 Å². The van der Waals surface area contributed by atoms with Gasteiger partial charge >= 0.3 is 0 Å². The van der Waals surface area contributed by atoms with E-state index in [9.17, 15) is 14.0 Å². The average Bonchev–Trinajstić information content (AvgIpc) is 3.44. The summed E-state index contributed by atoms with van der Waals surface area (Å²) in [5.74, 6) is -0.0676. The van der Waals surface area contributed by atoms with E-state index in [4.69, 9.17) is 18.9 Å². The summed E-state index contributed by atoms with van der Waals surface area (Å²) in [6, 6.07) is 25.2. The van der Waals surface area contributed by atoms with Crippen molar-refractivity contribution < 1.29 is 23.1 Å². The predicted molar refractivity (Wildman–Crippen MR) is 165 cm³/mol. The number of carbonyl (C=O) groups is 1. The number of aromatic nitrogens is 2. The molecule has 0 bridgehead atoms. The summed E-state index contributed by atoms with van der Waals surface area (Å²) in [7, 11) is 1.46. The van der Waals surface area contributed by atoms with Gasteiger partial charge < -0.3 is 19.2 Å². The van der Waals surface area contributed by atoms with Crippen LogP contribution < -0.4 is 20.3 Å². The van der Waals surface area contributed by atoms with Gasteiger partial charge in [-0.3, -0.25) is 9.59 Å². The number of anilines is 1. The Morgan fingerprint density at radius 1 is 1.07 bits per heavy atom. The van der Waals surface area contributed by atoms with Crippen molar-refractivity contribution in [2.24, 2.45) is 5.10 Å². The van der Waals surface area contributed by atoms with E-state index in [0.717, 1.165) is 14.5 Å². The number of furan rings is 1. The lowest BCUT2D eigenvalue weighted by molar-refractivity contribution is -0.118. The Labute approximate surface area is 252 Å². The SMILES string of the molecule is COc1cccc(C=Nn2c(-c3cc4cc(Br)ccc4o3)nc3ccccc3c2=O)c1OCC(=O)Nc1ccccc1F. The lowest BCUT2D eigenvalue weighted by Crippen LogP contribution is -2.21. The van der Waals surface area contributed by atoms with Gasteiger partial charge in [0, 0.05) is 15.4 Å². The van der Waals surface area contributed by atoms with Crippen LogP contribution in [0.25, 0.3) is 33.5 Å². The van der Waals surface area contributed by atoms with E-state index in [-0.39, 0.29) is 17.3 Å². The molecule has 0 radical (unpaired) electrons. The number of methoxy groups -OCH3 is 1. The molecule has 6 rings (SSSR count). The van der Waals surface area contributed by atoms with E-state index in [1.165, 1.54) is 31.5 Å². The smallest absolute Gasteiger partial charge is 0.282 e. The number of hydrogen-bond acceptors (Lipinski definition) is 7. The summed E-state index contributed by atoms with van der Waals surface area (Å²) < 4.78 is 33.3. The van der Waals surface area contributed by atoms with Crippen LogP contribution in [0.15, 0.2) is 110 Å². The number of amides is 1. The number of nitrogens with one attached hydrogen (secondary N) is 1. The minimum absolute atomic E-state index is 0.0339. The highest BCUT2D eigenvalue weighted by atomic mass is 79.9. The molecule has 0 saturated heterocycles. The van der Waals surface area contributed by atoms with Gasteiger partial charge in [0.2, 0.25) is 5.82 Å². The monoisotopic (exact) mass is 640 g/mol. The number of benzene rings is 4. The maximum atomic E-state index is 14.0. The van der Waals surface area contributed by atoms with Gasteiger partial charge in [-0.1, -0.05) is 46.3 Å². The zero-order chi connectivity index (χ0) is 29.9. The molecule has 1 amide bonds. The molecule has 0 saturated carbocycles. The molecule has 11 heteroatoms. The van der Waals surface area contributed by atoms with Gasteiger partial charge in [-0.15, -0.1) is 0 Å². The minimum atomic E-state index is -0.576. The van der Waals surface area contributed by atoms with Crippen LogP contribution in [0.4, 0.5) is 10.1 Å². The van der Waals surface area contributed by atoms with Crippen LogP contribution in [0.3, 0.4) is 0 Å². The number of para-hydroxylation sites is 3. The van der Waals surface area contributed by atoms with Gasteiger partial charge in [-0.2, -0.15) is 9.78 Å². The standard InChI is InChI=1S/C32H22BrFN4O5/c1-41-27-12-6-7-19(30(27)42-18-29(39)36-25-11-5-3-9-23(25)34)17-35-38-31(37-24-10-4-2-8-22(24)32(38)40)28-16-20-15-21(33)13-14-26(20)43-28/h2-17H,18H2,1H3,(H,36,39). The van der Waals surface area contributed by atoms with Crippen LogP contribution in [-0.2, 0) is 4.79 Å². The number of nitrogens with zero attached hydrogens (tertiary/aromatic N) is 3. The van der Waals surface area contributed by atoms with Gasteiger partial charge in [0.1, 0.15) is 11.4 Å². The molecule has 0 atom stereocenters. The van der Waals surface area contributed by atoms with E-state index in [0.29, 0.717) is 33.6 Å². The highest BCUT2D eigenvalue weighted by Gasteiger charge is 2.18. The Balaban J connectivity index is 1.38. The first-order chi connectivity index (χ1) is 20.9. The summed E-state index contributed by atoms with van der Waals surface area (Å²) in [6.07, 6.45) is 1.41. The fourth-order valence-corrected chi connectivity index (χ4v) is 4.85. The third-order valence-electron chi connectivity index (χ3n) is 6.49. The highest BCUT2D eigenvalue weighted by Crippen LogP contribution is 2.31. The molecule has 0 spiro atoms. The minimum Gasteiger partial charge on any atom is -0.493 e. The Hall–Kier alpha value is -5.29. The molecule has 6 aromatic rings. The summed E-state index contributed by atoms with van der Waals surface area (Å²) >= 11 is 3.47. The summed E-state index contributed by atoms with van der Waals surface area (Å²) in [6.45, 7) is -0.438.